The molecule has 0 bridgehead atoms. The molecular weight excluding hydrogens is 433 g/mol. The maximum Gasteiger partial charge on any atom is 0.261 e. The smallest absolute Gasteiger partial charge is 0.261 e. The van der Waals surface area contributed by atoms with Gasteiger partial charge in [-0.15, -0.1) is 11.3 Å². The van der Waals surface area contributed by atoms with Gasteiger partial charge in [0.1, 0.15) is 5.01 Å². The molecule has 0 amide bonds. The Balaban J connectivity index is 1.66. The summed E-state index contributed by atoms with van der Waals surface area (Å²) < 4.78 is 12.1. The molecule has 0 N–H and O–H groups in total. The van der Waals surface area contributed by atoms with Crippen LogP contribution in [0.15, 0.2) is 46.8 Å². The van der Waals surface area contributed by atoms with Gasteiger partial charge in [-0.05, 0) is 30.3 Å². The lowest BCUT2D eigenvalue weighted by atomic mass is 10.2. The topological polar surface area (TPSA) is 66.2 Å². The number of methoxy groups -OCH3 is 2. The number of ether oxygens (including phenoxy) is 2. The average Bonchev–Trinajstić information content (AvgIpc) is 3.18. The standard InChI is InChI=1S/C20H15Cl2N3O3S/c1-27-16-4-3-11(5-17(16)28-2)19-24-13(9-29-19)8-25-10-23-18-14(20(25)26)6-12(21)7-15(18)22/h3-7,9-10H,8H2,1-2H3. The molecule has 148 valence electrons. The largest absolute Gasteiger partial charge is 0.493 e. The molecule has 6 nitrogen and oxygen atoms in total. The van der Waals surface area contributed by atoms with Gasteiger partial charge in [0.05, 0.1) is 48.7 Å². The van der Waals surface area contributed by atoms with Crippen LogP contribution < -0.4 is 15.0 Å². The SMILES string of the molecule is COc1ccc(-c2nc(Cn3cnc4c(Cl)cc(Cl)cc4c3=O)cs2)cc1OC. The second-order valence-corrected chi connectivity index (χ2v) is 7.88. The van der Waals surface area contributed by atoms with Crippen LogP contribution in [0, 0.1) is 0 Å². The second kappa shape index (κ2) is 8.02. The molecule has 0 saturated carbocycles. The summed E-state index contributed by atoms with van der Waals surface area (Å²) in [6.45, 7) is 0.287. The summed E-state index contributed by atoms with van der Waals surface area (Å²) in [5.74, 6) is 1.28. The van der Waals surface area contributed by atoms with Crippen LogP contribution in [0.25, 0.3) is 21.5 Å². The van der Waals surface area contributed by atoms with E-state index in [9.17, 15) is 4.79 Å². The van der Waals surface area contributed by atoms with E-state index in [1.165, 1.54) is 22.2 Å². The lowest BCUT2D eigenvalue weighted by molar-refractivity contribution is 0.355. The van der Waals surface area contributed by atoms with Gasteiger partial charge in [0.15, 0.2) is 11.5 Å². The van der Waals surface area contributed by atoms with E-state index >= 15 is 0 Å². The van der Waals surface area contributed by atoms with E-state index in [-0.39, 0.29) is 12.1 Å². The van der Waals surface area contributed by atoms with Crippen molar-refractivity contribution in [2.75, 3.05) is 14.2 Å². The second-order valence-electron chi connectivity index (χ2n) is 6.18. The predicted molar refractivity (Wildman–Crippen MR) is 116 cm³/mol. The van der Waals surface area contributed by atoms with Gasteiger partial charge in [0.2, 0.25) is 0 Å². The molecule has 2 aromatic heterocycles. The van der Waals surface area contributed by atoms with Crippen molar-refractivity contribution in [3.8, 4) is 22.1 Å². The van der Waals surface area contributed by atoms with E-state index < -0.39 is 0 Å². The van der Waals surface area contributed by atoms with Gasteiger partial charge in [-0.2, -0.15) is 0 Å². The molecule has 4 rings (SSSR count). The first-order chi connectivity index (χ1) is 14.0. The Morgan fingerprint density at radius 1 is 1.10 bits per heavy atom. The van der Waals surface area contributed by atoms with Crippen molar-refractivity contribution in [3.05, 3.63) is 68.1 Å². The Morgan fingerprint density at radius 2 is 1.90 bits per heavy atom. The first-order valence-corrected chi connectivity index (χ1v) is 10.1. The van der Waals surface area contributed by atoms with Gasteiger partial charge < -0.3 is 9.47 Å². The maximum atomic E-state index is 12.8. The van der Waals surface area contributed by atoms with Crippen molar-refractivity contribution < 1.29 is 9.47 Å². The maximum absolute atomic E-state index is 12.8. The summed E-state index contributed by atoms with van der Waals surface area (Å²) in [5, 5.41) is 3.84. The van der Waals surface area contributed by atoms with Gasteiger partial charge in [0.25, 0.3) is 5.56 Å². The highest BCUT2D eigenvalue weighted by Gasteiger charge is 2.12. The van der Waals surface area contributed by atoms with Crippen LogP contribution in [0.4, 0.5) is 0 Å². The summed E-state index contributed by atoms with van der Waals surface area (Å²) in [6.07, 6.45) is 1.47. The summed E-state index contributed by atoms with van der Waals surface area (Å²) in [7, 11) is 3.18. The van der Waals surface area contributed by atoms with E-state index in [0.29, 0.717) is 32.4 Å². The van der Waals surface area contributed by atoms with Crippen LogP contribution in [0.3, 0.4) is 0 Å². The van der Waals surface area contributed by atoms with Crippen molar-refractivity contribution in [2.45, 2.75) is 6.54 Å². The van der Waals surface area contributed by atoms with Crippen LogP contribution in [-0.4, -0.2) is 28.8 Å². The monoisotopic (exact) mass is 447 g/mol. The fraction of sp³-hybridized carbons (Fsp3) is 0.150. The zero-order chi connectivity index (χ0) is 20.5. The molecule has 0 aliphatic rings. The fourth-order valence-electron chi connectivity index (χ4n) is 2.96. The molecular formula is C20H15Cl2N3O3S. The molecule has 29 heavy (non-hydrogen) atoms. The number of halogens is 2. The first kappa shape index (κ1) is 19.7. The number of fused-ring (bicyclic) bond motifs is 1. The highest BCUT2D eigenvalue weighted by Crippen LogP contribution is 2.33. The van der Waals surface area contributed by atoms with E-state index in [0.717, 1.165) is 16.3 Å². The minimum atomic E-state index is -0.222. The fourth-order valence-corrected chi connectivity index (χ4v) is 4.31. The van der Waals surface area contributed by atoms with Crippen molar-refractivity contribution in [3.63, 3.8) is 0 Å². The van der Waals surface area contributed by atoms with Crippen LogP contribution in [0.5, 0.6) is 11.5 Å². The molecule has 9 heteroatoms. The van der Waals surface area contributed by atoms with Crippen LogP contribution in [-0.2, 0) is 6.54 Å². The van der Waals surface area contributed by atoms with Crippen molar-refractivity contribution >= 4 is 45.4 Å². The Hall–Kier alpha value is -2.61. The normalized spacial score (nSPS) is 11.0. The number of aromatic nitrogens is 3. The Morgan fingerprint density at radius 3 is 2.66 bits per heavy atom. The summed E-state index contributed by atoms with van der Waals surface area (Å²) in [5.41, 5.74) is 1.86. The molecule has 2 aromatic carbocycles. The molecule has 0 unspecified atom stereocenters. The Kier molecular flexibility index (Phi) is 5.45. The summed E-state index contributed by atoms with van der Waals surface area (Å²) in [6, 6.07) is 8.76. The third-order valence-corrected chi connectivity index (χ3v) is 5.81. The third-order valence-electron chi connectivity index (χ3n) is 4.36. The van der Waals surface area contributed by atoms with E-state index in [4.69, 9.17) is 32.7 Å². The van der Waals surface area contributed by atoms with Crippen molar-refractivity contribution in [2.24, 2.45) is 0 Å². The highest BCUT2D eigenvalue weighted by molar-refractivity contribution is 7.13. The van der Waals surface area contributed by atoms with Gasteiger partial charge in [-0.1, -0.05) is 23.2 Å². The summed E-state index contributed by atoms with van der Waals surface area (Å²) in [4.78, 5) is 21.8. The number of rotatable bonds is 5. The molecule has 0 fully saturated rings. The predicted octanol–water partition coefficient (Wildman–Crippen LogP) is 4.89. The quantitative estimate of drug-likeness (QED) is 0.435. The molecule has 0 aliphatic carbocycles. The number of thiazole rings is 1. The minimum Gasteiger partial charge on any atom is -0.493 e. The molecule has 0 radical (unpaired) electrons. The van der Waals surface area contributed by atoms with Crippen LogP contribution in [0.2, 0.25) is 10.0 Å². The lowest BCUT2D eigenvalue weighted by Crippen LogP contribution is -2.21. The zero-order valence-electron chi connectivity index (χ0n) is 15.5. The molecule has 4 aromatic rings. The Bertz CT molecular complexity index is 1270. The van der Waals surface area contributed by atoms with E-state index in [1.807, 2.05) is 23.6 Å². The van der Waals surface area contributed by atoms with Crippen LogP contribution >= 0.6 is 34.5 Å². The first-order valence-electron chi connectivity index (χ1n) is 8.51. The molecule has 2 heterocycles. The Labute approximate surface area is 180 Å². The van der Waals surface area contributed by atoms with Crippen LogP contribution in [0.1, 0.15) is 5.69 Å². The van der Waals surface area contributed by atoms with Gasteiger partial charge >= 0.3 is 0 Å². The molecule has 0 aliphatic heterocycles. The van der Waals surface area contributed by atoms with Crippen molar-refractivity contribution in [1.82, 2.24) is 14.5 Å². The minimum absolute atomic E-state index is 0.222. The van der Waals surface area contributed by atoms with Gasteiger partial charge in [0, 0.05) is 16.0 Å². The molecule has 0 saturated heterocycles. The number of nitrogens with zero attached hydrogens (tertiary/aromatic N) is 3. The van der Waals surface area contributed by atoms with Crippen molar-refractivity contribution in [1.29, 1.82) is 0 Å². The van der Waals surface area contributed by atoms with E-state index in [2.05, 4.69) is 9.97 Å². The zero-order valence-corrected chi connectivity index (χ0v) is 17.8. The van der Waals surface area contributed by atoms with Gasteiger partial charge in [-0.3, -0.25) is 9.36 Å². The molecule has 0 spiro atoms. The molecule has 0 atom stereocenters. The lowest BCUT2D eigenvalue weighted by Gasteiger charge is -2.08. The third kappa shape index (κ3) is 3.81. The number of hydrogen-bond donors (Lipinski definition) is 0. The van der Waals surface area contributed by atoms with Gasteiger partial charge in [-0.25, -0.2) is 9.97 Å². The number of benzene rings is 2. The highest BCUT2D eigenvalue weighted by atomic mass is 35.5. The van der Waals surface area contributed by atoms with E-state index in [1.54, 1.807) is 26.4 Å². The number of hydrogen-bond acceptors (Lipinski definition) is 6. The average molecular weight is 448 g/mol. The summed E-state index contributed by atoms with van der Waals surface area (Å²) >= 11 is 13.7.